The van der Waals surface area contributed by atoms with Gasteiger partial charge in [0.1, 0.15) is 0 Å². The van der Waals surface area contributed by atoms with Gasteiger partial charge in [0.15, 0.2) is 0 Å². The molecule has 0 aromatic carbocycles. The topological polar surface area (TPSA) is 32.5 Å². The van der Waals surface area contributed by atoms with Crippen molar-refractivity contribution in [1.82, 2.24) is 9.80 Å². The maximum Gasteiger partial charge on any atom is 0.0304 e. The van der Waals surface area contributed by atoms with Crippen LogP contribution in [0.1, 0.15) is 26.7 Å². The molecule has 0 aromatic rings. The van der Waals surface area contributed by atoms with Gasteiger partial charge in [0.05, 0.1) is 0 Å². The van der Waals surface area contributed by atoms with Crippen LogP contribution in [0.25, 0.3) is 0 Å². The third-order valence-electron chi connectivity index (χ3n) is 3.43. The van der Waals surface area contributed by atoms with Crippen molar-refractivity contribution in [3.05, 3.63) is 0 Å². The van der Waals surface area contributed by atoms with E-state index in [2.05, 4.69) is 44.8 Å². The number of likely N-dealkylation sites (tertiary alicyclic amines) is 1. The van der Waals surface area contributed by atoms with Crippen LogP contribution in [0.3, 0.4) is 0 Å². The first-order valence-electron chi connectivity index (χ1n) is 5.96. The minimum Gasteiger partial charge on any atom is -0.324 e. The third kappa shape index (κ3) is 3.44. The highest BCUT2D eigenvalue weighted by molar-refractivity contribution is 4.95. The lowest BCUT2D eigenvalue weighted by Crippen LogP contribution is -2.58. The van der Waals surface area contributed by atoms with Crippen LogP contribution < -0.4 is 5.73 Å². The predicted octanol–water partition coefficient (Wildman–Crippen LogP) is 0.996. The van der Waals surface area contributed by atoms with E-state index in [9.17, 15) is 0 Å². The molecule has 0 spiro atoms. The van der Waals surface area contributed by atoms with Crippen molar-refractivity contribution < 1.29 is 0 Å². The molecule has 1 aliphatic heterocycles. The van der Waals surface area contributed by atoms with E-state index in [0.29, 0.717) is 12.0 Å². The zero-order valence-electron chi connectivity index (χ0n) is 11.0. The van der Waals surface area contributed by atoms with Crippen LogP contribution in [-0.4, -0.2) is 55.6 Å². The summed E-state index contributed by atoms with van der Waals surface area (Å²) in [6.07, 6.45) is 2.62. The molecule has 3 nitrogen and oxygen atoms in total. The normalized spacial score (nSPS) is 27.0. The number of rotatable bonds is 3. The second-order valence-electron chi connectivity index (χ2n) is 5.89. The Morgan fingerprint density at radius 1 is 1.40 bits per heavy atom. The Kier molecular flexibility index (Phi) is 4.15. The van der Waals surface area contributed by atoms with Gasteiger partial charge in [-0.3, -0.25) is 0 Å². The van der Waals surface area contributed by atoms with Crippen LogP contribution in [0.15, 0.2) is 0 Å². The minimum absolute atomic E-state index is 0.119. The molecule has 1 heterocycles. The highest BCUT2D eigenvalue weighted by atomic mass is 15.2. The molecule has 1 saturated heterocycles. The molecule has 2 N–H and O–H groups in total. The molecule has 0 bridgehead atoms. The summed E-state index contributed by atoms with van der Waals surface area (Å²) in [4.78, 5) is 4.72. The standard InChI is InChI=1S/C12H27N3/c1-12(2,13)11(14(3)4)10-7-6-8-15(5)9-10/h10-11H,6-9,13H2,1-5H3. The lowest BCUT2D eigenvalue weighted by Gasteiger charge is -2.44. The van der Waals surface area contributed by atoms with Crippen molar-refractivity contribution in [2.24, 2.45) is 11.7 Å². The molecule has 3 heteroatoms. The van der Waals surface area contributed by atoms with E-state index in [1.165, 1.54) is 25.9 Å². The molecule has 0 aliphatic carbocycles. The molecule has 0 aromatic heterocycles. The van der Waals surface area contributed by atoms with Gasteiger partial charge in [-0.15, -0.1) is 0 Å². The molecule has 1 rings (SSSR count). The number of nitrogens with two attached hydrogens (primary N) is 1. The summed E-state index contributed by atoms with van der Waals surface area (Å²) in [5, 5.41) is 0. The average molecular weight is 213 g/mol. The van der Waals surface area contributed by atoms with E-state index < -0.39 is 0 Å². The first kappa shape index (κ1) is 12.9. The van der Waals surface area contributed by atoms with Crippen molar-refractivity contribution in [1.29, 1.82) is 0 Å². The number of piperidine rings is 1. The number of nitrogens with zero attached hydrogens (tertiary/aromatic N) is 2. The minimum atomic E-state index is -0.119. The van der Waals surface area contributed by atoms with Gasteiger partial charge >= 0.3 is 0 Å². The predicted molar refractivity (Wildman–Crippen MR) is 66.0 cm³/mol. The monoisotopic (exact) mass is 213 g/mol. The Labute approximate surface area is 94.6 Å². The maximum atomic E-state index is 6.30. The van der Waals surface area contributed by atoms with Crippen molar-refractivity contribution in [3.8, 4) is 0 Å². The van der Waals surface area contributed by atoms with E-state index in [0.717, 1.165) is 0 Å². The summed E-state index contributed by atoms with van der Waals surface area (Å²) in [6.45, 7) is 6.71. The second-order valence-corrected chi connectivity index (χ2v) is 5.89. The number of hydrogen-bond acceptors (Lipinski definition) is 3. The largest absolute Gasteiger partial charge is 0.324 e. The molecule has 2 atom stereocenters. The van der Waals surface area contributed by atoms with E-state index in [4.69, 9.17) is 5.73 Å². The van der Waals surface area contributed by atoms with Crippen molar-refractivity contribution in [2.75, 3.05) is 34.2 Å². The lowest BCUT2D eigenvalue weighted by molar-refractivity contribution is 0.0798. The van der Waals surface area contributed by atoms with Crippen LogP contribution in [0.5, 0.6) is 0 Å². The van der Waals surface area contributed by atoms with E-state index in [-0.39, 0.29) is 5.54 Å². The summed E-state index contributed by atoms with van der Waals surface area (Å²) >= 11 is 0. The van der Waals surface area contributed by atoms with Crippen LogP contribution in [-0.2, 0) is 0 Å². The molecular weight excluding hydrogens is 186 g/mol. The van der Waals surface area contributed by atoms with Gasteiger partial charge in [0.2, 0.25) is 0 Å². The molecule has 2 unspecified atom stereocenters. The van der Waals surface area contributed by atoms with Gasteiger partial charge < -0.3 is 15.5 Å². The quantitative estimate of drug-likeness (QED) is 0.759. The maximum absolute atomic E-state index is 6.30. The molecular formula is C12H27N3. The fraction of sp³-hybridized carbons (Fsp3) is 1.00. The van der Waals surface area contributed by atoms with Crippen LogP contribution in [0.4, 0.5) is 0 Å². The fourth-order valence-electron chi connectivity index (χ4n) is 3.16. The molecule has 0 radical (unpaired) electrons. The molecule has 15 heavy (non-hydrogen) atoms. The third-order valence-corrected chi connectivity index (χ3v) is 3.43. The molecule has 90 valence electrons. The van der Waals surface area contributed by atoms with E-state index in [1.54, 1.807) is 0 Å². The van der Waals surface area contributed by atoms with E-state index in [1.807, 2.05) is 0 Å². The summed E-state index contributed by atoms with van der Waals surface area (Å²) in [5.74, 6) is 0.707. The zero-order chi connectivity index (χ0) is 11.6. The summed E-state index contributed by atoms with van der Waals surface area (Å²) in [5.41, 5.74) is 6.18. The van der Waals surface area contributed by atoms with Crippen molar-refractivity contribution in [3.63, 3.8) is 0 Å². The average Bonchev–Trinajstić information content (AvgIpc) is 1.99. The van der Waals surface area contributed by atoms with E-state index >= 15 is 0 Å². The van der Waals surface area contributed by atoms with Gasteiger partial charge in [-0.1, -0.05) is 0 Å². The number of likely N-dealkylation sites (N-methyl/N-ethyl adjacent to an activating group) is 1. The Hall–Kier alpha value is -0.120. The van der Waals surface area contributed by atoms with Gasteiger partial charge in [0, 0.05) is 18.1 Å². The van der Waals surface area contributed by atoms with Crippen molar-refractivity contribution in [2.45, 2.75) is 38.3 Å². The fourth-order valence-corrected chi connectivity index (χ4v) is 3.16. The molecule has 1 fully saturated rings. The first-order chi connectivity index (χ1) is 6.82. The van der Waals surface area contributed by atoms with Crippen molar-refractivity contribution >= 4 is 0 Å². The Bertz CT molecular complexity index is 196. The molecule has 0 saturated carbocycles. The SMILES string of the molecule is CN1CCCC(C(N(C)C)C(C)(C)N)C1. The Balaban J connectivity index is 2.71. The first-order valence-corrected chi connectivity index (χ1v) is 5.96. The Morgan fingerprint density at radius 2 is 2.00 bits per heavy atom. The molecule has 1 aliphatic rings. The number of hydrogen-bond donors (Lipinski definition) is 1. The second kappa shape index (κ2) is 4.81. The summed E-state index contributed by atoms with van der Waals surface area (Å²) in [7, 11) is 6.50. The summed E-state index contributed by atoms with van der Waals surface area (Å²) < 4.78 is 0. The highest BCUT2D eigenvalue weighted by Crippen LogP contribution is 2.27. The highest BCUT2D eigenvalue weighted by Gasteiger charge is 2.35. The summed E-state index contributed by atoms with van der Waals surface area (Å²) in [6, 6.07) is 0.472. The Morgan fingerprint density at radius 3 is 2.40 bits per heavy atom. The van der Waals surface area contributed by atoms with Gasteiger partial charge in [-0.2, -0.15) is 0 Å². The van der Waals surface area contributed by atoms with Gasteiger partial charge in [0.25, 0.3) is 0 Å². The smallest absolute Gasteiger partial charge is 0.0304 e. The molecule has 0 amide bonds. The van der Waals surface area contributed by atoms with Gasteiger partial charge in [-0.25, -0.2) is 0 Å². The van der Waals surface area contributed by atoms with Gasteiger partial charge in [-0.05, 0) is 60.3 Å². The van der Waals surface area contributed by atoms with Crippen LogP contribution in [0.2, 0.25) is 0 Å². The zero-order valence-corrected chi connectivity index (χ0v) is 11.0. The van der Waals surface area contributed by atoms with Crippen LogP contribution in [0, 0.1) is 5.92 Å². The lowest BCUT2D eigenvalue weighted by atomic mass is 9.80. The van der Waals surface area contributed by atoms with Crippen LogP contribution >= 0.6 is 0 Å².